The summed E-state index contributed by atoms with van der Waals surface area (Å²) >= 11 is 12.6. The third kappa shape index (κ3) is 2.02. The first-order valence-electron chi connectivity index (χ1n) is 9.96. The molecular formula is C25H17Cl2NO2. The number of amides is 2. The maximum absolute atomic E-state index is 13.8. The summed E-state index contributed by atoms with van der Waals surface area (Å²) in [5.41, 5.74) is 4.33. The molecule has 1 fully saturated rings. The average Bonchev–Trinajstić information content (AvgIpc) is 3.02. The van der Waals surface area contributed by atoms with Crippen LogP contribution in [0.3, 0.4) is 0 Å². The zero-order chi connectivity index (χ0) is 20.8. The van der Waals surface area contributed by atoms with Gasteiger partial charge in [0.15, 0.2) is 0 Å². The van der Waals surface area contributed by atoms with E-state index < -0.39 is 17.3 Å². The Morgan fingerprint density at radius 3 is 2.07 bits per heavy atom. The van der Waals surface area contributed by atoms with Crippen LogP contribution in [0, 0.1) is 11.8 Å². The highest BCUT2D eigenvalue weighted by molar-refractivity contribution is 6.38. The lowest BCUT2D eigenvalue weighted by atomic mass is 9.48. The maximum atomic E-state index is 13.8. The predicted molar refractivity (Wildman–Crippen MR) is 117 cm³/mol. The highest BCUT2D eigenvalue weighted by Gasteiger charge is 2.66. The van der Waals surface area contributed by atoms with Crippen molar-refractivity contribution in [1.29, 1.82) is 0 Å². The van der Waals surface area contributed by atoms with Crippen LogP contribution in [-0.2, 0) is 15.0 Å². The third-order valence-electron chi connectivity index (χ3n) is 7.19. The number of benzene rings is 3. The van der Waals surface area contributed by atoms with Crippen LogP contribution in [0.5, 0.6) is 0 Å². The summed E-state index contributed by atoms with van der Waals surface area (Å²) in [6, 6.07) is 21.3. The SMILES string of the molecule is CC12c3ccccc3C(c3ccccc31)[C@@H]1C(=O)N(c3cc(Cl)ccc3Cl)C(=O)[C@H]12. The van der Waals surface area contributed by atoms with Gasteiger partial charge in [-0.3, -0.25) is 9.59 Å². The fraction of sp³-hybridized carbons (Fsp3) is 0.200. The monoisotopic (exact) mass is 433 g/mol. The maximum Gasteiger partial charge on any atom is 0.239 e. The highest BCUT2D eigenvalue weighted by Crippen LogP contribution is 2.64. The second-order valence-corrected chi connectivity index (χ2v) is 9.31. The van der Waals surface area contributed by atoms with Crippen molar-refractivity contribution >= 4 is 40.7 Å². The normalized spacial score (nSPS) is 28.4. The molecule has 1 aliphatic heterocycles. The second-order valence-electron chi connectivity index (χ2n) is 8.47. The van der Waals surface area contributed by atoms with Crippen LogP contribution in [0.4, 0.5) is 5.69 Å². The minimum absolute atomic E-state index is 0.149. The third-order valence-corrected chi connectivity index (χ3v) is 7.75. The van der Waals surface area contributed by atoms with Crippen molar-refractivity contribution in [2.24, 2.45) is 11.8 Å². The predicted octanol–water partition coefficient (Wildman–Crippen LogP) is 5.56. The van der Waals surface area contributed by atoms with Gasteiger partial charge in [-0.2, -0.15) is 0 Å². The van der Waals surface area contributed by atoms with Crippen LogP contribution >= 0.6 is 23.2 Å². The van der Waals surface area contributed by atoms with Crippen LogP contribution in [-0.4, -0.2) is 11.8 Å². The molecule has 7 rings (SSSR count). The fourth-order valence-electron chi connectivity index (χ4n) is 6.05. The first kappa shape index (κ1) is 18.2. The Morgan fingerprint density at radius 1 is 0.833 bits per heavy atom. The van der Waals surface area contributed by atoms with E-state index in [9.17, 15) is 9.59 Å². The van der Waals surface area contributed by atoms with E-state index in [2.05, 4.69) is 31.2 Å². The Balaban J connectivity index is 1.63. The summed E-state index contributed by atoms with van der Waals surface area (Å²) in [6.07, 6.45) is 0. The topological polar surface area (TPSA) is 37.4 Å². The zero-order valence-corrected chi connectivity index (χ0v) is 17.6. The molecule has 1 saturated heterocycles. The first-order chi connectivity index (χ1) is 14.4. The van der Waals surface area contributed by atoms with E-state index in [1.807, 2.05) is 24.3 Å². The lowest BCUT2D eigenvalue weighted by molar-refractivity contribution is -0.123. The number of hydrogen-bond acceptors (Lipinski definition) is 2. The van der Waals surface area contributed by atoms with Gasteiger partial charge in [-0.25, -0.2) is 4.90 Å². The number of halogens is 2. The molecule has 3 aromatic rings. The molecule has 2 atom stereocenters. The van der Waals surface area contributed by atoms with Crippen LogP contribution in [0.25, 0.3) is 0 Å². The molecule has 4 aliphatic rings. The van der Waals surface area contributed by atoms with E-state index in [0.717, 1.165) is 22.3 Å². The second kappa shape index (κ2) is 5.96. The smallest absolute Gasteiger partial charge is 0.239 e. The van der Waals surface area contributed by atoms with Crippen molar-refractivity contribution in [2.75, 3.05) is 4.90 Å². The van der Waals surface area contributed by atoms with Crippen molar-refractivity contribution in [3.63, 3.8) is 0 Å². The van der Waals surface area contributed by atoms with Crippen molar-refractivity contribution < 1.29 is 9.59 Å². The summed E-state index contributed by atoms with van der Waals surface area (Å²) in [5.74, 6) is -1.49. The van der Waals surface area contributed by atoms with Gasteiger partial charge in [0.1, 0.15) is 0 Å². The first-order valence-corrected chi connectivity index (χ1v) is 10.7. The van der Waals surface area contributed by atoms with Gasteiger partial charge in [0, 0.05) is 16.4 Å². The lowest BCUT2D eigenvalue weighted by Gasteiger charge is -2.52. The number of carbonyl (C=O) groups excluding carboxylic acids is 2. The Labute approximate surface area is 184 Å². The van der Waals surface area contributed by atoms with Crippen LogP contribution < -0.4 is 4.90 Å². The molecule has 2 amide bonds. The lowest BCUT2D eigenvalue weighted by Crippen LogP contribution is -2.51. The summed E-state index contributed by atoms with van der Waals surface area (Å²) in [4.78, 5) is 28.9. The van der Waals surface area contributed by atoms with Crippen LogP contribution in [0.1, 0.15) is 35.1 Å². The number of anilines is 1. The van der Waals surface area contributed by atoms with Crippen LogP contribution in [0.15, 0.2) is 66.7 Å². The summed E-state index contributed by atoms with van der Waals surface area (Å²) < 4.78 is 0. The van der Waals surface area contributed by atoms with Gasteiger partial charge in [-0.05, 0) is 40.5 Å². The van der Waals surface area contributed by atoms with E-state index in [0.29, 0.717) is 15.7 Å². The Hall–Kier alpha value is -2.62. The van der Waals surface area contributed by atoms with Gasteiger partial charge in [-0.1, -0.05) is 78.7 Å². The minimum Gasteiger partial charge on any atom is -0.274 e. The number of carbonyl (C=O) groups is 2. The van der Waals surface area contributed by atoms with Gasteiger partial charge in [0.2, 0.25) is 11.8 Å². The molecule has 148 valence electrons. The van der Waals surface area contributed by atoms with Gasteiger partial charge >= 0.3 is 0 Å². The van der Waals surface area contributed by atoms with Gasteiger partial charge in [0.25, 0.3) is 0 Å². The molecule has 30 heavy (non-hydrogen) atoms. The Kier molecular flexibility index (Phi) is 3.61. The van der Waals surface area contributed by atoms with Crippen molar-refractivity contribution in [2.45, 2.75) is 18.3 Å². The van der Waals surface area contributed by atoms with E-state index in [1.165, 1.54) is 4.90 Å². The minimum atomic E-state index is -0.584. The summed E-state index contributed by atoms with van der Waals surface area (Å²) in [5, 5.41) is 0.776. The van der Waals surface area contributed by atoms with E-state index in [1.54, 1.807) is 18.2 Å². The molecule has 3 aromatic carbocycles. The Bertz CT molecular complexity index is 1220. The van der Waals surface area contributed by atoms with E-state index in [4.69, 9.17) is 23.2 Å². The fourth-order valence-corrected chi connectivity index (χ4v) is 6.41. The molecule has 0 saturated carbocycles. The molecular weight excluding hydrogens is 417 g/mol. The van der Waals surface area contributed by atoms with E-state index in [-0.39, 0.29) is 17.7 Å². The molecule has 0 spiro atoms. The molecule has 3 nitrogen and oxygen atoms in total. The number of hydrogen-bond donors (Lipinski definition) is 0. The van der Waals surface area contributed by atoms with Crippen molar-refractivity contribution in [3.8, 4) is 0 Å². The number of imide groups is 1. The van der Waals surface area contributed by atoms with Crippen LogP contribution in [0.2, 0.25) is 10.0 Å². The summed E-state index contributed by atoms with van der Waals surface area (Å²) in [6.45, 7) is 2.10. The molecule has 0 N–H and O–H groups in total. The number of rotatable bonds is 1. The molecule has 1 heterocycles. The zero-order valence-electron chi connectivity index (χ0n) is 16.1. The average molecular weight is 434 g/mol. The van der Waals surface area contributed by atoms with Crippen molar-refractivity contribution in [3.05, 3.63) is 99.0 Å². The molecule has 0 radical (unpaired) electrons. The molecule has 3 aliphatic carbocycles. The highest BCUT2D eigenvalue weighted by atomic mass is 35.5. The van der Waals surface area contributed by atoms with Crippen molar-refractivity contribution in [1.82, 2.24) is 0 Å². The van der Waals surface area contributed by atoms with E-state index >= 15 is 0 Å². The summed E-state index contributed by atoms with van der Waals surface area (Å²) in [7, 11) is 0. The standard InChI is InChI=1S/C25H17Cl2NO2/c1-25-16-8-4-2-6-14(16)20(15-7-3-5-9-17(15)25)21-22(25)24(30)28(23(21)29)19-12-13(26)10-11-18(19)27/h2-12,20-22H,1H3/t20?,21-,22-,25?/m0/s1. The quantitative estimate of drug-likeness (QED) is 0.470. The molecule has 0 aromatic heterocycles. The number of nitrogens with zero attached hydrogens (tertiary/aromatic N) is 1. The van der Waals surface area contributed by atoms with Gasteiger partial charge < -0.3 is 0 Å². The molecule has 0 unspecified atom stereocenters. The Morgan fingerprint density at radius 2 is 1.43 bits per heavy atom. The largest absolute Gasteiger partial charge is 0.274 e. The molecule has 2 bridgehead atoms. The molecule has 5 heteroatoms. The van der Waals surface area contributed by atoms with Gasteiger partial charge in [-0.15, -0.1) is 0 Å². The van der Waals surface area contributed by atoms with Gasteiger partial charge in [0.05, 0.1) is 22.5 Å².